The number of aliphatic imine (C=N–C) groups is 1. The maximum absolute atomic E-state index is 6.05. The molecule has 0 aromatic heterocycles. The minimum absolute atomic E-state index is 0.298. The van der Waals surface area contributed by atoms with Crippen LogP contribution in [-0.2, 0) is 29.2 Å². The fourth-order valence-corrected chi connectivity index (χ4v) is 3.56. The van der Waals surface area contributed by atoms with Crippen molar-refractivity contribution in [1.82, 2.24) is 10.6 Å². The Labute approximate surface area is 191 Å². The molecule has 7 heteroatoms. The van der Waals surface area contributed by atoms with Gasteiger partial charge >= 0.3 is 0 Å². The highest BCUT2D eigenvalue weighted by Crippen LogP contribution is 2.27. The molecule has 1 heterocycles. The lowest BCUT2D eigenvalue weighted by atomic mass is 10.1. The van der Waals surface area contributed by atoms with Gasteiger partial charge in [0.25, 0.3) is 0 Å². The first-order valence-electron chi connectivity index (χ1n) is 11.2. The molecule has 0 saturated carbocycles. The molecule has 0 amide bonds. The zero-order chi connectivity index (χ0) is 22.6. The van der Waals surface area contributed by atoms with Crippen LogP contribution in [0.5, 0.6) is 11.5 Å². The zero-order valence-corrected chi connectivity index (χ0v) is 19.4. The van der Waals surface area contributed by atoms with E-state index in [2.05, 4.69) is 41.8 Å². The first-order chi connectivity index (χ1) is 15.7. The van der Waals surface area contributed by atoms with Crippen LogP contribution < -0.4 is 20.1 Å². The number of rotatable bonds is 10. The minimum Gasteiger partial charge on any atom is -0.493 e. The number of methoxy groups -OCH3 is 2. The van der Waals surface area contributed by atoms with Gasteiger partial charge in [-0.05, 0) is 48.6 Å². The Bertz CT molecular complexity index is 866. The second kappa shape index (κ2) is 12.9. The molecule has 2 aromatic carbocycles. The second-order valence-electron chi connectivity index (χ2n) is 7.68. The maximum atomic E-state index is 6.05. The molecule has 7 nitrogen and oxygen atoms in total. The molecular weight excluding hydrogens is 406 g/mol. The third-order valence-corrected chi connectivity index (χ3v) is 5.32. The molecule has 1 fully saturated rings. The Morgan fingerprint density at radius 2 is 1.75 bits per heavy atom. The lowest BCUT2D eigenvalue weighted by molar-refractivity contribution is -0.0390. The molecule has 0 bridgehead atoms. The monoisotopic (exact) mass is 441 g/mol. The Hall–Kier alpha value is -2.77. The quantitative estimate of drug-likeness (QED) is 0.433. The van der Waals surface area contributed by atoms with Crippen molar-refractivity contribution in [2.24, 2.45) is 4.99 Å². The first-order valence-corrected chi connectivity index (χ1v) is 11.2. The van der Waals surface area contributed by atoms with Crippen molar-refractivity contribution in [3.05, 3.63) is 59.2 Å². The van der Waals surface area contributed by atoms with Gasteiger partial charge in [0, 0.05) is 26.3 Å². The average molecular weight is 442 g/mol. The summed E-state index contributed by atoms with van der Waals surface area (Å²) in [5, 5.41) is 6.69. The number of hydrogen-bond donors (Lipinski definition) is 2. The zero-order valence-electron chi connectivity index (χ0n) is 19.4. The average Bonchev–Trinajstić information content (AvgIpc) is 2.85. The van der Waals surface area contributed by atoms with Crippen LogP contribution in [-0.4, -0.2) is 46.0 Å². The van der Waals surface area contributed by atoms with Gasteiger partial charge in [0.15, 0.2) is 17.5 Å². The molecule has 0 unspecified atom stereocenters. The number of nitrogens with zero attached hydrogens (tertiary/aromatic N) is 1. The van der Waals surface area contributed by atoms with Gasteiger partial charge in [0.05, 0.1) is 33.5 Å². The normalized spacial score (nSPS) is 14.8. The van der Waals surface area contributed by atoms with Crippen LogP contribution in [0, 0.1) is 0 Å². The summed E-state index contributed by atoms with van der Waals surface area (Å²) in [7, 11) is 3.28. The molecule has 32 heavy (non-hydrogen) atoms. The molecule has 3 rings (SSSR count). The lowest BCUT2D eigenvalue weighted by Crippen LogP contribution is -2.36. The number of guanidine groups is 1. The van der Waals surface area contributed by atoms with Crippen molar-refractivity contribution >= 4 is 5.96 Å². The second-order valence-corrected chi connectivity index (χ2v) is 7.68. The summed E-state index contributed by atoms with van der Waals surface area (Å²) in [6.07, 6.45) is 2.25. The summed E-state index contributed by atoms with van der Waals surface area (Å²) < 4.78 is 22.1. The van der Waals surface area contributed by atoms with Crippen molar-refractivity contribution in [3.63, 3.8) is 0 Å². The molecule has 0 aliphatic carbocycles. The summed E-state index contributed by atoms with van der Waals surface area (Å²) in [6, 6.07) is 14.3. The molecule has 0 radical (unpaired) electrons. The van der Waals surface area contributed by atoms with Gasteiger partial charge in [-0.15, -0.1) is 0 Å². The van der Waals surface area contributed by atoms with E-state index in [1.54, 1.807) is 14.2 Å². The highest BCUT2D eigenvalue weighted by molar-refractivity contribution is 5.79. The summed E-state index contributed by atoms with van der Waals surface area (Å²) >= 11 is 0. The fourth-order valence-electron chi connectivity index (χ4n) is 3.56. The van der Waals surface area contributed by atoms with Crippen LogP contribution in [0.25, 0.3) is 0 Å². The molecular formula is C25H35N3O4. The van der Waals surface area contributed by atoms with Gasteiger partial charge in [-0.3, -0.25) is 0 Å². The van der Waals surface area contributed by atoms with E-state index < -0.39 is 0 Å². The fraction of sp³-hybridized carbons (Fsp3) is 0.480. The van der Waals surface area contributed by atoms with E-state index in [9.17, 15) is 0 Å². The number of nitrogens with one attached hydrogen (secondary N) is 2. The van der Waals surface area contributed by atoms with Crippen molar-refractivity contribution in [1.29, 1.82) is 0 Å². The van der Waals surface area contributed by atoms with Crippen LogP contribution in [0.1, 0.15) is 36.5 Å². The summed E-state index contributed by atoms with van der Waals surface area (Å²) in [5.41, 5.74) is 3.41. The van der Waals surface area contributed by atoms with E-state index >= 15 is 0 Å². The van der Waals surface area contributed by atoms with E-state index in [1.807, 2.05) is 18.2 Å². The standard InChI is InChI=1S/C25H35N3O4/c1-4-26-25(28-17-20-8-9-23(29-2)24(15-20)30-3)27-16-19-6-5-7-21(14-19)18-32-22-10-12-31-13-11-22/h5-9,14-15,22H,4,10-13,16-18H2,1-3H3,(H2,26,27,28). The maximum Gasteiger partial charge on any atom is 0.191 e. The van der Waals surface area contributed by atoms with Gasteiger partial charge in [-0.1, -0.05) is 30.3 Å². The Balaban J connectivity index is 1.56. The van der Waals surface area contributed by atoms with Gasteiger partial charge in [-0.2, -0.15) is 0 Å². The van der Waals surface area contributed by atoms with Gasteiger partial charge in [-0.25, -0.2) is 4.99 Å². The van der Waals surface area contributed by atoms with Gasteiger partial charge in [0.2, 0.25) is 0 Å². The topological polar surface area (TPSA) is 73.3 Å². The van der Waals surface area contributed by atoms with E-state index in [0.717, 1.165) is 55.4 Å². The third-order valence-electron chi connectivity index (χ3n) is 5.32. The number of ether oxygens (including phenoxy) is 4. The van der Waals surface area contributed by atoms with Gasteiger partial charge in [0.1, 0.15) is 0 Å². The molecule has 2 aromatic rings. The van der Waals surface area contributed by atoms with E-state index in [-0.39, 0.29) is 0 Å². The lowest BCUT2D eigenvalue weighted by Gasteiger charge is -2.22. The number of hydrogen-bond acceptors (Lipinski definition) is 5. The van der Waals surface area contributed by atoms with Crippen molar-refractivity contribution in [2.45, 2.75) is 45.6 Å². The Kier molecular flexibility index (Phi) is 9.65. The minimum atomic E-state index is 0.298. The number of benzene rings is 2. The van der Waals surface area contributed by atoms with Crippen LogP contribution >= 0.6 is 0 Å². The molecule has 0 spiro atoms. The van der Waals surface area contributed by atoms with Crippen LogP contribution in [0.2, 0.25) is 0 Å². The summed E-state index contributed by atoms with van der Waals surface area (Å²) in [4.78, 5) is 4.75. The predicted octanol–water partition coefficient (Wildman–Crippen LogP) is 3.65. The van der Waals surface area contributed by atoms with Crippen molar-refractivity contribution in [3.8, 4) is 11.5 Å². The van der Waals surface area contributed by atoms with Crippen molar-refractivity contribution in [2.75, 3.05) is 34.0 Å². The molecule has 0 atom stereocenters. The van der Waals surface area contributed by atoms with Crippen LogP contribution in [0.15, 0.2) is 47.5 Å². The van der Waals surface area contributed by atoms with E-state index in [1.165, 1.54) is 5.56 Å². The highest BCUT2D eigenvalue weighted by Gasteiger charge is 2.14. The largest absolute Gasteiger partial charge is 0.493 e. The van der Waals surface area contributed by atoms with E-state index in [0.29, 0.717) is 31.5 Å². The Morgan fingerprint density at radius 1 is 0.969 bits per heavy atom. The van der Waals surface area contributed by atoms with Crippen LogP contribution in [0.3, 0.4) is 0 Å². The van der Waals surface area contributed by atoms with Crippen LogP contribution in [0.4, 0.5) is 0 Å². The summed E-state index contributed by atoms with van der Waals surface area (Å²) in [5.74, 6) is 2.21. The molecule has 1 saturated heterocycles. The first kappa shape index (κ1) is 23.9. The van der Waals surface area contributed by atoms with Gasteiger partial charge < -0.3 is 29.6 Å². The molecule has 174 valence electrons. The smallest absolute Gasteiger partial charge is 0.191 e. The predicted molar refractivity (Wildman–Crippen MR) is 126 cm³/mol. The molecule has 1 aliphatic heterocycles. The molecule has 1 aliphatic rings. The SMILES string of the molecule is CCNC(=NCc1cccc(COC2CCOCC2)c1)NCc1ccc(OC)c(OC)c1. The third kappa shape index (κ3) is 7.43. The van der Waals surface area contributed by atoms with E-state index in [4.69, 9.17) is 23.9 Å². The Morgan fingerprint density at radius 3 is 2.50 bits per heavy atom. The molecule has 2 N–H and O–H groups in total. The highest BCUT2D eigenvalue weighted by atomic mass is 16.5. The summed E-state index contributed by atoms with van der Waals surface area (Å²) in [6.45, 7) is 6.28. The van der Waals surface area contributed by atoms with Crippen molar-refractivity contribution < 1.29 is 18.9 Å².